The van der Waals surface area contributed by atoms with Crippen LogP contribution in [0.4, 0.5) is 4.39 Å². The summed E-state index contributed by atoms with van der Waals surface area (Å²) in [5.74, 6) is -0.0811. The van der Waals surface area contributed by atoms with E-state index in [9.17, 15) is 14.0 Å². The third-order valence-corrected chi connectivity index (χ3v) is 7.65. The lowest BCUT2D eigenvalue weighted by Crippen LogP contribution is -2.49. The predicted molar refractivity (Wildman–Crippen MR) is 138 cm³/mol. The molecule has 2 amide bonds. The van der Waals surface area contributed by atoms with Crippen molar-refractivity contribution < 1.29 is 23.5 Å². The Morgan fingerprint density at radius 2 is 2.00 bits per heavy atom. The molecule has 4 rings (SSSR count). The third kappa shape index (κ3) is 5.54. The van der Waals surface area contributed by atoms with Crippen LogP contribution in [0.2, 0.25) is 0 Å². The van der Waals surface area contributed by atoms with Crippen molar-refractivity contribution in [2.75, 3.05) is 26.8 Å². The van der Waals surface area contributed by atoms with Gasteiger partial charge < -0.3 is 19.3 Å². The summed E-state index contributed by atoms with van der Waals surface area (Å²) in [7, 11) is 1.55. The van der Waals surface area contributed by atoms with Crippen LogP contribution in [0.3, 0.4) is 0 Å². The average Bonchev–Trinajstić information content (AvgIpc) is 3.39. The van der Waals surface area contributed by atoms with Crippen molar-refractivity contribution in [1.29, 1.82) is 0 Å². The van der Waals surface area contributed by atoms with Crippen LogP contribution in [0.5, 0.6) is 11.5 Å². The molecule has 8 heteroatoms. The van der Waals surface area contributed by atoms with Crippen molar-refractivity contribution in [2.45, 2.75) is 38.8 Å². The fraction of sp³-hybridized carbons (Fsp3) is 0.357. The Balaban J connectivity index is 1.56. The number of carbonyl (C=O) groups is 2. The summed E-state index contributed by atoms with van der Waals surface area (Å²) in [6, 6.07) is 14.7. The van der Waals surface area contributed by atoms with Crippen LogP contribution in [0, 0.1) is 5.82 Å². The number of fused-ring (bicyclic) bond motifs is 1. The minimum absolute atomic E-state index is 0.0548. The van der Waals surface area contributed by atoms with Crippen LogP contribution < -0.4 is 9.47 Å². The first-order chi connectivity index (χ1) is 17.4. The highest BCUT2D eigenvalue weighted by Crippen LogP contribution is 2.34. The van der Waals surface area contributed by atoms with Crippen molar-refractivity contribution in [1.82, 2.24) is 9.80 Å². The molecule has 0 bridgehead atoms. The number of ether oxygens (including phenoxy) is 2. The van der Waals surface area contributed by atoms with Crippen molar-refractivity contribution in [3.05, 3.63) is 81.8 Å². The maximum absolute atomic E-state index is 14.2. The Kier molecular flexibility index (Phi) is 8.25. The second-order valence-electron chi connectivity index (χ2n) is 8.82. The molecule has 0 N–H and O–H groups in total. The summed E-state index contributed by atoms with van der Waals surface area (Å²) in [5, 5.41) is 2.01. The number of methoxy groups -OCH3 is 1. The van der Waals surface area contributed by atoms with E-state index in [1.807, 2.05) is 25.3 Å². The van der Waals surface area contributed by atoms with E-state index in [2.05, 4.69) is 0 Å². The van der Waals surface area contributed by atoms with Gasteiger partial charge in [0.05, 0.1) is 13.2 Å². The molecule has 0 fully saturated rings. The monoisotopic (exact) mass is 510 g/mol. The van der Waals surface area contributed by atoms with Crippen LogP contribution in [0.25, 0.3) is 0 Å². The first-order valence-electron chi connectivity index (χ1n) is 12.1. The summed E-state index contributed by atoms with van der Waals surface area (Å²) in [6.45, 7) is 4.52. The number of rotatable bonds is 9. The highest BCUT2D eigenvalue weighted by atomic mass is 32.1. The standard InChI is InChI=1S/C28H31FN2O4S/c1-4-19(2)31(28(33)20-8-7-9-21(16-20)34-3)17-27(32)30-14-12-26-22(13-15-36-26)24(30)18-35-25-11-6-5-10-23(25)29/h5-11,13,15-16,19,24H,4,12,14,17-18H2,1-3H3/t19-,24+/m1/s1. The average molecular weight is 511 g/mol. The lowest BCUT2D eigenvalue weighted by molar-refractivity contribution is -0.136. The van der Waals surface area contributed by atoms with Gasteiger partial charge in [0, 0.05) is 23.0 Å². The normalized spacial score (nSPS) is 15.7. The van der Waals surface area contributed by atoms with Gasteiger partial charge in [0.15, 0.2) is 11.6 Å². The second-order valence-corrected chi connectivity index (χ2v) is 9.82. The van der Waals surface area contributed by atoms with Crippen LogP contribution >= 0.6 is 11.3 Å². The summed E-state index contributed by atoms with van der Waals surface area (Å²) in [6.07, 6.45) is 1.44. The van der Waals surface area contributed by atoms with Gasteiger partial charge in [-0.3, -0.25) is 9.59 Å². The Morgan fingerprint density at radius 1 is 1.19 bits per heavy atom. The molecule has 0 saturated carbocycles. The van der Waals surface area contributed by atoms with Crippen molar-refractivity contribution in [3.8, 4) is 11.5 Å². The van der Waals surface area contributed by atoms with E-state index < -0.39 is 5.82 Å². The summed E-state index contributed by atoms with van der Waals surface area (Å²) < 4.78 is 25.3. The molecular weight excluding hydrogens is 479 g/mol. The van der Waals surface area contributed by atoms with Gasteiger partial charge in [-0.25, -0.2) is 4.39 Å². The SMILES string of the molecule is CC[C@@H](C)N(CC(=O)N1CCc2sccc2[C@@H]1COc1ccccc1F)C(=O)c1cccc(OC)c1. The number of benzene rings is 2. The highest BCUT2D eigenvalue weighted by molar-refractivity contribution is 7.10. The predicted octanol–water partition coefficient (Wildman–Crippen LogP) is 5.34. The molecule has 36 heavy (non-hydrogen) atoms. The molecule has 2 atom stereocenters. The van der Waals surface area contributed by atoms with Crippen LogP contribution in [-0.4, -0.2) is 54.5 Å². The number of hydrogen-bond acceptors (Lipinski definition) is 5. The zero-order valence-electron chi connectivity index (χ0n) is 20.8. The smallest absolute Gasteiger partial charge is 0.254 e. The van der Waals surface area contributed by atoms with Gasteiger partial charge >= 0.3 is 0 Å². The molecule has 1 aliphatic rings. The Labute approximate surface area is 215 Å². The molecular formula is C28H31FN2O4S. The first-order valence-corrected chi connectivity index (χ1v) is 13.0. The summed E-state index contributed by atoms with van der Waals surface area (Å²) >= 11 is 1.65. The fourth-order valence-electron chi connectivity index (χ4n) is 4.41. The lowest BCUT2D eigenvalue weighted by Gasteiger charge is -2.38. The van der Waals surface area contributed by atoms with E-state index in [1.165, 1.54) is 10.9 Å². The van der Waals surface area contributed by atoms with E-state index >= 15 is 0 Å². The van der Waals surface area contributed by atoms with Crippen LogP contribution in [0.15, 0.2) is 60.0 Å². The van der Waals surface area contributed by atoms with Gasteiger partial charge in [0.1, 0.15) is 18.9 Å². The first kappa shape index (κ1) is 25.7. The van der Waals surface area contributed by atoms with Crippen molar-refractivity contribution in [2.24, 2.45) is 0 Å². The zero-order chi connectivity index (χ0) is 25.7. The molecule has 0 saturated heterocycles. The molecule has 6 nitrogen and oxygen atoms in total. The molecule has 0 spiro atoms. The van der Waals surface area contributed by atoms with Gasteiger partial charge in [-0.1, -0.05) is 25.1 Å². The third-order valence-electron chi connectivity index (χ3n) is 6.65. The number of hydrogen-bond donors (Lipinski definition) is 0. The van der Waals surface area contributed by atoms with E-state index in [-0.39, 0.29) is 42.8 Å². The largest absolute Gasteiger partial charge is 0.497 e. The maximum Gasteiger partial charge on any atom is 0.254 e. The zero-order valence-corrected chi connectivity index (χ0v) is 21.6. The molecule has 1 aromatic heterocycles. The molecule has 0 aliphatic carbocycles. The number of thiophene rings is 1. The number of nitrogens with zero attached hydrogens (tertiary/aromatic N) is 2. The van der Waals surface area contributed by atoms with E-state index in [0.717, 1.165) is 12.0 Å². The molecule has 0 radical (unpaired) electrons. The van der Waals surface area contributed by atoms with E-state index in [0.29, 0.717) is 24.3 Å². The van der Waals surface area contributed by atoms with Gasteiger partial charge in [-0.15, -0.1) is 11.3 Å². The number of para-hydroxylation sites is 1. The topological polar surface area (TPSA) is 59.1 Å². The van der Waals surface area contributed by atoms with Crippen LogP contribution in [-0.2, 0) is 11.2 Å². The van der Waals surface area contributed by atoms with Crippen molar-refractivity contribution in [3.63, 3.8) is 0 Å². The molecule has 2 aromatic carbocycles. The van der Waals surface area contributed by atoms with Gasteiger partial charge in [0.25, 0.3) is 5.91 Å². The van der Waals surface area contributed by atoms with Gasteiger partial charge in [-0.2, -0.15) is 0 Å². The van der Waals surface area contributed by atoms with Crippen molar-refractivity contribution >= 4 is 23.2 Å². The fourth-order valence-corrected chi connectivity index (χ4v) is 5.34. The van der Waals surface area contributed by atoms with E-state index in [4.69, 9.17) is 9.47 Å². The molecule has 1 aliphatic heterocycles. The summed E-state index contributed by atoms with van der Waals surface area (Å²) in [5.41, 5.74) is 1.49. The Hall–Kier alpha value is -3.39. The second kappa shape index (κ2) is 11.6. The Morgan fingerprint density at radius 3 is 2.75 bits per heavy atom. The lowest BCUT2D eigenvalue weighted by atomic mass is 10.00. The van der Waals surface area contributed by atoms with Gasteiger partial charge in [-0.05, 0) is 67.1 Å². The molecule has 0 unspecified atom stereocenters. The number of amides is 2. The maximum atomic E-state index is 14.2. The molecule has 190 valence electrons. The number of carbonyl (C=O) groups excluding carboxylic acids is 2. The van der Waals surface area contributed by atoms with Crippen LogP contribution in [0.1, 0.15) is 47.1 Å². The summed E-state index contributed by atoms with van der Waals surface area (Å²) in [4.78, 5) is 31.7. The van der Waals surface area contributed by atoms with Gasteiger partial charge in [0.2, 0.25) is 5.91 Å². The minimum atomic E-state index is -0.441. The molecule has 2 heterocycles. The number of halogens is 1. The Bertz CT molecular complexity index is 1210. The van der Waals surface area contributed by atoms with E-state index in [1.54, 1.807) is 70.7 Å². The highest BCUT2D eigenvalue weighted by Gasteiger charge is 2.34. The quantitative estimate of drug-likeness (QED) is 0.390. The molecule has 3 aromatic rings. The minimum Gasteiger partial charge on any atom is -0.497 e.